The summed E-state index contributed by atoms with van der Waals surface area (Å²) in [5.74, 6) is 0.688. The number of hydrogen-bond donors (Lipinski definition) is 0. The summed E-state index contributed by atoms with van der Waals surface area (Å²) in [6.45, 7) is 0. The molecule has 2 aliphatic rings. The molecule has 1 nitrogen and oxygen atoms in total. The van der Waals surface area contributed by atoms with E-state index in [0.717, 1.165) is 11.2 Å². The van der Waals surface area contributed by atoms with E-state index >= 15 is 0 Å². The van der Waals surface area contributed by atoms with Crippen LogP contribution in [0.3, 0.4) is 0 Å². The van der Waals surface area contributed by atoms with Crippen molar-refractivity contribution in [3.63, 3.8) is 0 Å². The first kappa shape index (κ1) is 17.0. The average Bonchev–Trinajstić information content (AvgIpc) is 2.75. The highest BCUT2D eigenvalue weighted by molar-refractivity contribution is 5.85. The number of para-hydroxylation sites is 1. The van der Waals surface area contributed by atoms with Crippen molar-refractivity contribution in [2.24, 2.45) is 5.41 Å². The van der Waals surface area contributed by atoms with Crippen LogP contribution in [-0.2, 0) is 0 Å². The summed E-state index contributed by atoms with van der Waals surface area (Å²) in [4.78, 5) is 4.98. The molecule has 1 heteroatoms. The molecule has 1 heterocycles. The molecule has 138 valence electrons. The number of fused-ring (bicyclic) bond motifs is 1. The number of aromatic nitrogens is 1. The van der Waals surface area contributed by atoms with Gasteiger partial charge in [-0.1, -0.05) is 67.8 Å². The van der Waals surface area contributed by atoms with Gasteiger partial charge >= 0.3 is 0 Å². The topological polar surface area (TPSA) is 12.9 Å². The van der Waals surface area contributed by atoms with Crippen LogP contribution in [0.2, 0.25) is 0 Å². The molecular weight excluding hydrogens is 326 g/mol. The Hall–Kier alpha value is -2.15. The number of hydrogen-bond acceptors (Lipinski definition) is 1. The molecular formula is C26H29N. The number of pyridine rings is 1. The fourth-order valence-electron chi connectivity index (χ4n) is 5.64. The van der Waals surface area contributed by atoms with Crippen LogP contribution in [0, 0.1) is 5.41 Å². The van der Waals surface area contributed by atoms with Gasteiger partial charge in [0, 0.05) is 10.9 Å². The van der Waals surface area contributed by atoms with Crippen molar-refractivity contribution in [1.82, 2.24) is 4.98 Å². The second-order valence-electron chi connectivity index (χ2n) is 8.81. The second-order valence-corrected chi connectivity index (χ2v) is 8.81. The number of rotatable bonds is 2. The van der Waals surface area contributed by atoms with Gasteiger partial charge in [0.15, 0.2) is 0 Å². The minimum absolute atomic E-state index is 0.680. The maximum Gasteiger partial charge on any atom is 0.0712 e. The Bertz CT molecular complexity index is 911. The highest BCUT2D eigenvalue weighted by Gasteiger charge is 2.36. The SMILES string of the molecule is c1ccc(-c2cc(C3CCC4(CCCCC4)CC3)c3ccccc3n2)cc1. The molecule has 2 fully saturated rings. The summed E-state index contributed by atoms with van der Waals surface area (Å²) in [6.07, 6.45) is 12.9. The van der Waals surface area contributed by atoms with Crippen LogP contribution in [-0.4, -0.2) is 4.98 Å². The van der Waals surface area contributed by atoms with E-state index in [0.29, 0.717) is 11.3 Å². The Labute approximate surface area is 162 Å². The normalized spacial score (nSPS) is 20.1. The number of nitrogens with zero attached hydrogens (tertiary/aromatic N) is 1. The summed E-state index contributed by atoms with van der Waals surface area (Å²) < 4.78 is 0. The van der Waals surface area contributed by atoms with Crippen LogP contribution in [0.4, 0.5) is 0 Å². The van der Waals surface area contributed by atoms with Gasteiger partial charge in [-0.2, -0.15) is 0 Å². The quantitative estimate of drug-likeness (QED) is 0.463. The predicted molar refractivity (Wildman–Crippen MR) is 114 cm³/mol. The molecule has 0 bridgehead atoms. The summed E-state index contributed by atoms with van der Waals surface area (Å²) in [6, 6.07) is 21.8. The summed E-state index contributed by atoms with van der Waals surface area (Å²) in [5.41, 5.74) is 5.71. The third-order valence-corrected chi connectivity index (χ3v) is 7.22. The van der Waals surface area contributed by atoms with Crippen molar-refractivity contribution < 1.29 is 0 Å². The van der Waals surface area contributed by atoms with Crippen LogP contribution in [0.5, 0.6) is 0 Å². The minimum atomic E-state index is 0.680. The van der Waals surface area contributed by atoms with E-state index in [-0.39, 0.29) is 0 Å². The van der Waals surface area contributed by atoms with Crippen molar-refractivity contribution in [2.45, 2.75) is 63.7 Å². The fourth-order valence-corrected chi connectivity index (χ4v) is 5.64. The van der Waals surface area contributed by atoms with Crippen LogP contribution in [0.1, 0.15) is 69.3 Å². The Morgan fingerprint density at radius 1 is 0.741 bits per heavy atom. The van der Waals surface area contributed by atoms with Gasteiger partial charge in [0.05, 0.1) is 11.2 Å². The first-order valence-corrected chi connectivity index (χ1v) is 10.8. The summed E-state index contributed by atoms with van der Waals surface area (Å²) >= 11 is 0. The lowest BCUT2D eigenvalue weighted by atomic mass is 9.62. The monoisotopic (exact) mass is 355 g/mol. The lowest BCUT2D eigenvalue weighted by molar-refractivity contribution is 0.114. The van der Waals surface area contributed by atoms with Gasteiger partial charge in [-0.3, -0.25) is 0 Å². The van der Waals surface area contributed by atoms with Crippen molar-refractivity contribution in [3.05, 3.63) is 66.2 Å². The zero-order valence-electron chi connectivity index (χ0n) is 16.2. The van der Waals surface area contributed by atoms with Crippen LogP contribution >= 0.6 is 0 Å². The van der Waals surface area contributed by atoms with Gasteiger partial charge in [0.1, 0.15) is 0 Å². The first-order valence-electron chi connectivity index (χ1n) is 10.8. The standard InChI is InChI=1S/C26H29N/c1-3-9-21(10-4-1)25-19-23(22-11-5-6-12-24(22)27-25)20-13-17-26(18-14-20)15-7-2-8-16-26/h1,3-6,9-12,19-20H,2,7-8,13-18H2. The van der Waals surface area contributed by atoms with E-state index in [9.17, 15) is 0 Å². The zero-order valence-corrected chi connectivity index (χ0v) is 16.2. The molecule has 3 aromatic rings. The lowest BCUT2D eigenvalue weighted by Gasteiger charge is -2.43. The van der Waals surface area contributed by atoms with Crippen molar-refractivity contribution in [3.8, 4) is 11.3 Å². The van der Waals surface area contributed by atoms with Gasteiger partial charge in [0.25, 0.3) is 0 Å². The molecule has 0 radical (unpaired) electrons. The fraction of sp³-hybridized carbons (Fsp3) is 0.423. The highest BCUT2D eigenvalue weighted by Crippen LogP contribution is 2.51. The molecule has 0 amide bonds. The van der Waals surface area contributed by atoms with E-state index in [1.54, 1.807) is 0 Å². The molecule has 2 aromatic carbocycles. The molecule has 0 atom stereocenters. The van der Waals surface area contributed by atoms with E-state index in [2.05, 4.69) is 60.7 Å². The molecule has 1 spiro atoms. The summed E-state index contributed by atoms with van der Waals surface area (Å²) in [5, 5.41) is 1.36. The largest absolute Gasteiger partial charge is 0.248 e. The minimum Gasteiger partial charge on any atom is -0.248 e. The van der Waals surface area contributed by atoms with E-state index in [1.807, 2.05) is 0 Å². The average molecular weight is 356 g/mol. The Kier molecular flexibility index (Phi) is 4.47. The van der Waals surface area contributed by atoms with E-state index < -0.39 is 0 Å². The van der Waals surface area contributed by atoms with Gasteiger partial charge in [-0.05, 0) is 67.6 Å². The molecule has 1 aromatic heterocycles. The van der Waals surface area contributed by atoms with Crippen LogP contribution in [0.15, 0.2) is 60.7 Å². The first-order chi connectivity index (χ1) is 13.3. The second kappa shape index (κ2) is 7.11. The Morgan fingerprint density at radius 3 is 2.22 bits per heavy atom. The molecule has 0 unspecified atom stereocenters. The smallest absolute Gasteiger partial charge is 0.0712 e. The molecule has 0 N–H and O–H groups in total. The Balaban J connectivity index is 1.51. The molecule has 5 rings (SSSR count). The molecule has 0 aliphatic heterocycles. The zero-order chi connectivity index (χ0) is 18.1. The van der Waals surface area contributed by atoms with Crippen molar-refractivity contribution in [2.75, 3.05) is 0 Å². The van der Waals surface area contributed by atoms with Crippen molar-refractivity contribution in [1.29, 1.82) is 0 Å². The molecule has 2 saturated carbocycles. The highest BCUT2D eigenvalue weighted by atomic mass is 14.7. The van der Waals surface area contributed by atoms with Gasteiger partial charge < -0.3 is 0 Å². The van der Waals surface area contributed by atoms with Crippen molar-refractivity contribution >= 4 is 10.9 Å². The number of benzene rings is 2. The molecule has 2 aliphatic carbocycles. The predicted octanol–water partition coefficient (Wildman–Crippen LogP) is 7.51. The maximum atomic E-state index is 4.98. The third kappa shape index (κ3) is 3.29. The molecule has 0 saturated heterocycles. The Morgan fingerprint density at radius 2 is 1.44 bits per heavy atom. The third-order valence-electron chi connectivity index (χ3n) is 7.22. The van der Waals surface area contributed by atoms with Gasteiger partial charge in [-0.25, -0.2) is 4.98 Å². The summed E-state index contributed by atoms with van der Waals surface area (Å²) in [7, 11) is 0. The van der Waals surface area contributed by atoms with Crippen LogP contribution < -0.4 is 0 Å². The van der Waals surface area contributed by atoms with E-state index in [1.165, 1.54) is 74.3 Å². The van der Waals surface area contributed by atoms with E-state index in [4.69, 9.17) is 4.98 Å². The van der Waals surface area contributed by atoms with Crippen LogP contribution in [0.25, 0.3) is 22.2 Å². The van der Waals surface area contributed by atoms with Gasteiger partial charge in [0.2, 0.25) is 0 Å². The maximum absolute atomic E-state index is 4.98. The van der Waals surface area contributed by atoms with Gasteiger partial charge in [-0.15, -0.1) is 0 Å². The molecule has 27 heavy (non-hydrogen) atoms. The lowest BCUT2D eigenvalue weighted by Crippen LogP contribution is -2.29.